The summed E-state index contributed by atoms with van der Waals surface area (Å²) in [7, 11) is -3.70. The minimum atomic E-state index is -3.70. The molecule has 6 heteroatoms. The van der Waals surface area contributed by atoms with Crippen molar-refractivity contribution in [2.45, 2.75) is 56.4 Å². The summed E-state index contributed by atoms with van der Waals surface area (Å²) >= 11 is 0. The van der Waals surface area contributed by atoms with E-state index in [9.17, 15) is 13.5 Å². The molecular formula is C15H24N2O3S. The van der Waals surface area contributed by atoms with Gasteiger partial charge in [-0.3, -0.25) is 0 Å². The highest BCUT2D eigenvalue weighted by molar-refractivity contribution is 7.89. The van der Waals surface area contributed by atoms with Crippen molar-refractivity contribution in [2.75, 3.05) is 12.3 Å². The normalized spacial score (nSPS) is 18.6. The van der Waals surface area contributed by atoms with Crippen LogP contribution in [0.1, 0.15) is 43.2 Å². The quantitative estimate of drug-likeness (QED) is 0.740. The Morgan fingerprint density at radius 1 is 1.24 bits per heavy atom. The monoisotopic (exact) mass is 312 g/mol. The zero-order chi connectivity index (χ0) is 15.7. The van der Waals surface area contributed by atoms with Crippen LogP contribution in [0.2, 0.25) is 0 Å². The van der Waals surface area contributed by atoms with Crippen molar-refractivity contribution < 1.29 is 13.5 Å². The van der Waals surface area contributed by atoms with Gasteiger partial charge in [-0.15, -0.1) is 0 Å². The lowest BCUT2D eigenvalue weighted by Gasteiger charge is -2.36. The van der Waals surface area contributed by atoms with Crippen LogP contribution in [0.5, 0.6) is 0 Å². The van der Waals surface area contributed by atoms with Crippen molar-refractivity contribution >= 4 is 15.7 Å². The minimum Gasteiger partial charge on any atom is -0.398 e. The van der Waals surface area contributed by atoms with Gasteiger partial charge in [-0.1, -0.05) is 25.3 Å². The topological polar surface area (TPSA) is 92.4 Å². The number of aliphatic hydroxyl groups excluding tert-OH is 1. The molecule has 1 aliphatic carbocycles. The summed E-state index contributed by atoms with van der Waals surface area (Å²) in [6.07, 6.45) is 4.28. The van der Waals surface area contributed by atoms with Gasteiger partial charge in [0.15, 0.2) is 0 Å². The number of benzene rings is 1. The van der Waals surface area contributed by atoms with Crippen molar-refractivity contribution in [1.29, 1.82) is 0 Å². The third-order valence-corrected chi connectivity index (χ3v) is 6.24. The van der Waals surface area contributed by atoms with E-state index in [1.54, 1.807) is 26.0 Å². The number of nitrogen functional groups attached to an aromatic ring is 1. The third-order valence-electron chi connectivity index (χ3n) is 4.38. The van der Waals surface area contributed by atoms with E-state index in [1.165, 1.54) is 0 Å². The Kier molecular flexibility index (Phi) is 4.60. The molecule has 1 aromatic carbocycles. The maximum absolute atomic E-state index is 12.8. The summed E-state index contributed by atoms with van der Waals surface area (Å²) < 4.78 is 28.3. The Morgan fingerprint density at radius 3 is 2.43 bits per heavy atom. The number of sulfonamides is 1. The Morgan fingerprint density at radius 2 is 1.86 bits per heavy atom. The van der Waals surface area contributed by atoms with Gasteiger partial charge < -0.3 is 10.8 Å². The second-order valence-electron chi connectivity index (χ2n) is 6.03. The number of rotatable bonds is 4. The predicted molar refractivity (Wildman–Crippen MR) is 83.6 cm³/mol. The van der Waals surface area contributed by atoms with Crippen molar-refractivity contribution in [3.8, 4) is 0 Å². The molecule has 0 amide bonds. The molecule has 0 aliphatic heterocycles. The standard InChI is InChI=1S/C15H24N2O3S/c1-11-6-7-13(16)12(2)14(11)21(19,20)17-15(10-18)8-4-3-5-9-15/h6-7,17-18H,3-5,8-10,16H2,1-2H3. The Bertz CT molecular complexity index is 620. The molecule has 1 aliphatic rings. The second kappa shape index (κ2) is 5.94. The van der Waals surface area contributed by atoms with E-state index in [2.05, 4.69) is 4.72 Å². The van der Waals surface area contributed by atoms with Gasteiger partial charge in [0.1, 0.15) is 0 Å². The number of hydrogen-bond donors (Lipinski definition) is 3. The maximum atomic E-state index is 12.8. The van der Waals surface area contributed by atoms with Gasteiger partial charge in [-0.2, -0.15) is 0 Å². The van der Waals surface area contributed by atoms with E-state index < -0.39 is 15.6 Å². The molecule has 4 N–H and O–H groups in total. The van der Waals surface area contributed by atoms with Crippen LogP contribution >= 0.6 is 0 Å². The molecule has 0 saturated heterocycles. The highest BCUT2D eigenvalue weighted by Crippen LogP contribution is 2.31. The van der Waals surface area contributed by atoms with Gasteiger partial charge >= 0.3 is 0 Å². The highest BCUT2D eigenvalue weighted by atomic mass is 32.2. The molecule has 0 atom stereocenters. The first-order valence-electron chi connectivity index (χ1n) is 7.32. The summed E-state index contributed by atoms with van der Waals surface area (Å²) in [5, 5.41) is 9.69. The molecule has 21 heavy (non-hydrogen) atoms. The van der Waals surface area contributed by atoms with Crippen LogP contribution in [0.25, 0.3) is 0 Å². The molecule has 1 fully saturated rings. The Hall–Kier alpha value is -1.11. The number of hydrogen-bond acceptors (Lipinski definition) is 4. The average Bonchev–Trinajstić information content (AvgIpc) is 2.43. The first kappa shape index (κ1) is 16.3. The fraction of sp³-hybridized carbons (Fsp3) is 0.600. The SMILES string of the molecule is Cc1ccc(N)c(C)c1S(=O)(=O)NC1(CO)CCCCC1. The van der Waals surface area contributed by atoms with Crippen molar-refractivity contribution in [2.24, 2.45) is 0 Å². The van der Waals surface area contributed by atoms with Gasteiger partial charge in [-0.25, -0.2) is 13.1 Å². The third kappa shape index (κ3) is 3.22. The summed E-state index contributed by atoms with van der Waals surface area (Å²) in [6.45, 7) is 3.30. The zero-order valence-electron chi connectivity index (χ0n) is 12.6. The number of aliphatic hydroxyl groups is 1. The molecule has 118 valence electrons. The van der Waals surface area contributed by atoms with Crippen LogP contribution in [0, 0.1) is 13.8 Å². The van der Waals surface area contributed by atoms with Crippen LogP contribution < -0.4 is 10.5 Å². The molecule has 0 radical (unpaired) electrons. The molecule has 0 bridgehead atoms. The van der Waals surface area contributed by atoms with Crippen molar-refractivity contribution in [1.82, 2.24) is 4.72 Å². The molecule has 0 unspecified atom stereocenters. The Labute approximate surface area is 126 Å². The van der Waals surface area contributed by atoms with E-state index in [1.807, 2.05) is 0 Å². The van der Waals surface area contributed by atoms with Crippen LogP contribution in [-0.2, 0) is 10.0 Å². The first-order valence-corrected chi connectivity index (χ1v) is 8.80. The van der Waals surface area contributed by atoms with Gasteiger partial charge in [-0.05, 0) is 43.9 Å². The molecule has 1 saturated carbocycles. The Balaban J connectivity index is 2.41. The van der Waals surface area contributed by atoms with E-state index >= 15 is 0 Å². The molecule has 0 aromatic heterocycles. The van der Waals surface area contributed by atoms with Gasteiger partial charge in [0, 0.05) is 5.69 Å². The van der Waals surface area contributed by atoms with Crippen LogP contribution in [0.15, 0.2) is 17.0 Å². The number of nitrogens with two attached hydrogens (primary N) is 1. The number of anilines is 1. The van der Waals surface area contributed by atoms with Gasteiger partial charge in [0.2, 0.25) is 10.0 Å². The molecule has 5 nitrogen and oxygen atoms in total. The van der Waals surface area contributed by atoms with E-state index in [-0.39, 0.29) is 11.5 Å². The first-order chi connectivity index (χ1) is 9.81. The van der Waals surface area contributed by atoms with E-state index in [0.717, 1.165) is 19.3 Å². The number of aryl methyl sites for hydroxylation is 1. The smallest absolute Gasteiger partial charge is 0.241 e. The fourth-order valence-electron chi connectivity index (χ4n) is 3.11. The fourth-order valence-corrected chi connectivity index (χ4v) is 5.07. The molecule has 2 rings (SSSR count). The summed E-state index contributed by atoms with van der Waals surface area (Å²) in [5.41, 5.74) is 6.79. The largest absolute Gasteiger partial charge is 0.398 e. The summed E-state index contributed by atoms with van der Waals surface area (Å²) in [5.74, 6) is 0. The molecule has 0 spiro atoms. The lowest BCUT2D eigenvalue weighted by molar-refractivity contribution is 0.142. The second-order valence-corrected chi connectivity index (χ2v) is 7.65. The van der Waals surface area contributed by atoms with Crippen LogP contribution in [0.3, 0.4) is 0 Å². The molecular weight excluding hydrogens is 288 g/mol. The minimum absolute atomic E-state index is 0.174. The summed E-state index contributed by atoms with van der Waals surface area (Å²) in [6, 6.07) is 3.43. The zero-order valence-corrected chi connectivity index (χ0v) is 13.5. The lowest BCUT2D eigenvalue weighted by Crippen LogP contribution is -2.52. The van der Waals surface area contributed by atoms with E-state index in [0.29, 0.717) is 29.7 Å². The molecule has 1 aromatic rings. The van der Waals surface area contributed by atoms with Crippen molar-refractivity contribution in [3.05, 3.63) is 23.3 Å². The molecule has 0 heterocycles. The lowest BCUT2D eigenvalue weighted by atomic mass is 9.83. The van der Waals surface area contributed by atoms with E-state index in [4.69, 9.17) is 5.73 Å². The van der Waals surface area contributed by atoms with Gasteiger partial charge in [0.05, 0.1) is 17.0 Å². The average molecular weight is 312 g/mol. The summed E-state index contributed by atoms with van der Waals surface area (Å²) in [4.78, 5) is 0.237. The number of nitrogens with one attached hydrogen (secondary N) is 1. The van der Waals surface area contributed by atoms with Crippen LogP contribution in [-0.4, -0.2) is 25.7 Å². The van der Waals surface area contributed by atoms with Gasteiger partial charge in [0.25, 0.3) is 0 Å². The maximum Gasteiger partial charge on any atom is 0.241 e. The van der Waals surface area contributed by atoms with Crippen molar-refractivity contribution in [3.63, 3.8) is 0 Å². The predicted octanol–water partition coefficient (Wildman–Crippen LogP) is 1.86. The highest BCUT2D eigenvalue weighted by Gasteiger charge is 2.37. The van der Waals surface area contributed by atoms with Crippen LogP contribution in [0.4, 0.5) is 5.69 Å².